The predicted molar refractivity (Wildman–Crippen MR) is 83.7 cm³/mol. The van der Waals surface area contributed by atoms with Crippen LogP contribution in [0.15, 0.2) is 24.3 Å². The summed E-state index contributed by atoms with van der Waals surface area (Å²) in [5.41, 5.74) is 0.0760. The Morgan fingerprint density at radius 2 is 1.40 bits per heavy atom. The van der Waals surface area contributed by atoms with Crippen molar-refractivity contribution in [1.82, 2.24) is 0 Å². The molecule has 3 rings (SSSR count). The van der Waals surface area contributed by atoms with E-state index in [1.165, 1.54) is 23.7 Å². The van der Waals surface area contributed by atoms with Gasteiger partial charge in [-0.3, -0.25) is 0 Å². The van der Waals surface area contributed by atoms with Crippen LogP contribution in [-0.2, 0) is 26.2 Å². The molecule has 0 aromatic rings. The molecule has 100 valence electrons. The molecule has 2 fully saturated rings. The molecule has 0 saturated heterocycles. The molecule has 0 aromatic carbocycles. The fourth-order valence-electron chi connectivity index (χ4n) is 2.64. The summed E-state index contributed by atoms with van der Waals surface area (Å²) in [5.74, 6) is 5.51. The largest absolute Gasteiger partial charge is 4.00 e. The molecule has 0 amide bonds. The fourth-order valence-corrected chi connectivity index (χ4v) is 2.64. The van der Waals surface area contributed by atoms with Crippen LogP contribution in [0.1, 0.15) is 13.8 Å². The Morgan fingerprint density at radius 3 is 2.05 bits per heavy atom. The van der Waals surface area contributed by atoms with E-state index in [0.717, 1.165) is 0 Å². The van der Waals surface area contributed by atoms with Gasteiger partial charge in [0.25, 0.3) is 0 Å². The van der Waals surface area contributed by atoms with E-state index in [9.17, 15) is 0 Å². The quantitative estimate of drug-likeness (QED) is 0.645. The maximum absolute atomic E-state index is 2.30. The molecule has 10 radical (unpaired) electrons. The summed E-state index contributed by atoms with van der Waals surface area (Å²) in [4.78, 5) is 0. The number of hydrogen-bond acceptors (Lipinski definition) is 0. The maximum atomic E-state index is 2.30. The molecule has 20 heavy (non-hydrogen) atoms. The molecule has 0 aromatic heterocycles. The van der Waals surface area contributed by atoms with Crippen molar-refractivity contribution in [3.8, 4) is 0 Å². The zero-order valence-corrected chi connectivity index (χ0v) is 15.2. The monoisotopic (exact) mass is 340 g/mol. The smallest absolute Gasteiger partial charge is 0.358 e. The van der Waals surface area contributed by atoms with Crippen molar-refractivity contribution < 1.29 is 26.2 Å². The molecule has 1 heteroatoms. The van der Waals surface area contributed by atoms with E-state index in [4.69, 9.17) is 0 Å². The molecule has 0 heterocycles. The van der Waals surface area contributed by atoms with Crippen molar-refractivity contribution in [1.29, 1.82) is 0 Å². The molecular weight excluding hydrogens is 319 g/mol. The van der Waals surface area contributed by atoms with Crippen LogP contribution in [0, 0.1) is 82.5 Å². The first-order valence-corrected chi connectivity index (χ1v) is 6.07. The standard InChI is InChI=1S/C17H16.2CH3.Zr/c1-17(2,14-8-4-5-9-14)16-12-11-13-7-3-6-10-15(13)16;;;/h3-12H,1-2H3;2*1H3;/q;2*-1;+4. The Hall–Kier alpha value is 0.363. The maximum Gasteiger partial charge on any atom is 4.00 e. The average molecular weight is 342 g/mol. The van der Waals surface area contributed by atoms with E-state index < -0.39 is 0 Å². The summed E-state index contributed by atoms with van der Waals surface area (Å²) in [6, 6.07) is 0. The third kappa shape index (κ3) is 3.57. The van der Waals surface area contributed by atoms with Gasteiger partial charge in [0, 0.05) is 11.8 Å². The van der Waals surface area contributed by atoms with Crippen LogP contribution in [-0.4, -0.2) is 0 Å². The summed E-state index contributed by atoms with van der Waals surface area (Å²) < 4.78 is 0. The van der Waals surface area contributed by atoms with Gasteiger partial charge >= 0.3 is 26.2 Å². The van der Waals surface area contributed by atoms with Crippen molar-refractivity contribution in [3.63, 3.8) is 0 Å². The van der Waals surface area contributed by atoms with Gasteiger partial charge in [-0.1, -0.05) is 38.2 Å². The molecule has 0 atom stereocenters. The fraction of sp³-hybridized carbons (Fsp3) is 0.158. The molecular formula is C19H22Zr+2. The van der Waals surface area contributed by atoms with Gasteiger partial charge in [-0.2, -0.15) is 0 Å². The summed E-state index contributed by atoms with van der Waals surface area (Å²) in [6.07, 6.45) is 21.7. The van der Waals surface area contributed by atoms with Crippen LogP contribution in [0.5, 0.6) is 0 Å². The van der Waals surface area contributed by atoms with Crippen LogP contribution in [0.25, 0.3) is 0 Å². The van der Waals surface area contributed by atoms with E-state index in [2.05, 4.69) is 76.7 Å². The van der Waals surface area contributed by atoms with Gasteiger partial charge in [0.1, 0.15) is 0 Å². The van der Waals surface area contributed by atoms with E-state index >= 15 is 0 Å². The van der Waals surface area contributed by atoms with Crippen LogP contribution in [0.4, 0.5) is 0 Å². The minimum absolute atomic E-state index is 0. The van der Waals surface area contributed by atoms with E-state index in [1.807, 2.05) is 0 Å². The first-order valence-electron chi connectivity index (χ1n) is 6.07. The number of allylic oxidation sites excluding steroid dienone is 4. The van der Waals surface area contributed by atoms with Crippen LogP contribution in [0.2, 0.25) is 0 Å². The van der Waals surface area contributed by atoms with Crippen LogP contribution >= 0.6 is 0 Å². The van der Waals surface area contributed by atoms with Gasteiger partial charge in [-0.15, -0.1) is 0 Å². The summed E-state index contributed by atoms with van der Waals surface area (Å²) in [7, 11) is 0. The molecule has 0 aliphatic heterocycles. The van der Waals surface area contributed by atoms with Crippen molar-refractivity contribution >= 4 is 0 Å². The SMILES string of the molecule is CC(C)([C]1[CH][CH][CH][CH]1)[C]1[CH][CH][C]2C=CC=C[C]21.[CH3-].[CH3-].[Zr+4]. The summed E-state index contributed by atoms with van der Waals surface area (Å²) in [5, 5.41) is 0. The van der Waals surface area contributed by atoms with E-state index in [0.29, 0.717) is 0 Å². The Labute approximate surface area is 146 Å². The topological polar surface area (TPSA) is 0 Å². The molecule has 0 bridgehead atoms. The molecule has 3 aliphatic rings. The number of rotatable bonds is 2. The van der Waals surface area contributed by atoms with Crippen LogP contribution < -0.4 is 0 Å². The van der Waals surface area contributed by atoms with Gasteiger partial charge in [0.15, 0.2) is 0 Å². The zero-order valence-electron chi connectivity index (χ0n) is 12.8. The first-order chi connectivity index (χ1) is 8.19. The van der Waals surface area contributed by atoms with E-state index in [-0.39, 0.29) is 46.5 Å². The first kappa shape index (κ1) is 20.4. The molecule has 2 saturated carbocycles. The number of hydrogen-bond donors (Lipinski definition) is 0. The Balaban J connectivity index is 0.00000120. The second-order valence-electron chi connectivity index (χ2n) is 5.13. The van der Waals surface area contributed by atoms with Gasteiger partial charge in [0.2, 0.25) is 0 Å². The van der Waals surface area contributed by atoms with Crippen molar-refractivity contribution in [2.75, 3.05) is 0 Å². The van der Waals surface area contributed by atoms with Gasteiger partial charge < -0.3 is 14.9 Å². The molecule has 0 unspecified atom stereocenters. The van der Waals surface area contributed by atoms with Gasteiger partial charge in [-0.25, -0.2) is 0 Å². The molecule has 3 aliphatic carbocycles. The Bertz CT molecular complexity index is 334. The summed E-state index contributed by atoms with van der Waals surface area (Å²) in [6.45, 7) is 4.59. The van der Waals surface area contributed by atoms with Crippen molar-refractivity contribution in [3.05, 3.63) is 101 Å². The third-order valence-electron chi connectivity index (χ3n) is 3.74. The Morgan fingerprint density at radius 1 is 0.800 bits per heavy atom. The van der Waals surface area contributed by atoms with Gasteiger partial charge in [0.05, 0.1) is 0 Å². The molecule has 0 nitrogen and oxygen atoms in total. The second-order valence-corrected chi connectivity index (χ2v) is 5.13. The Kier molecular flexibility index (Phi) is 8.26. The average Bonchev–Trinajstić information content (AvgIpc) is 2.99. The minimum atomic E-state index is 0. The van der Waals surface area contributed by atoms with Crippen molar-refractivity contribution in [2.45, 2.75) is 13.8 Å². The minimum Gasteiger partial charge on any atom is -0.358 e. The van der Waals surface area contributed by atoms with Crippen molar-refractivity contribution in [2.24, 2.45) is 5.41 Å². The molecule has 0 N–H and O–H groups in total. The third-order valence-corrected chi connectivity index (χ3v) is 3.74. The predicted octanol–water partition coefficient (Wildman–Crippen LogP) is 4.59. The van der Waals surface area contributed by atoms with Crippen LogP contribution in [0.3, 0.4) is 0 Å². The number of fused-ring (bicyclic) bond motifs is 1. The van der Waals surface area contributed by atoms with Gasteiger partial charge in [-0.05, 0) is 55.8 Å². The zero-order chi connectivity index (χ0) is 11.9. The van der Waals surface area contributed by atoms with E-state index in [1.54, 1.807) is 0 Å². The summed E-state index contributed by atoms with van der Waals surface area (Å²) >= 11 is 0. The second kappa shape index (κ2) is 8.12. The normalized spacial score (nSPS) is 23.9. The molecule has 0 spiro atoms.